The maximum atomic E-state index is 10.0. The van der Waals surface area contributed by atoms with Crippen LogP contribution >= 0.6 is 0 Å². The van der Waals surface area contributed by atoms with E-state index in [1.807, 2.05) is 24.3 Å². The normalized spacial score (nSPS) is 12.8. The van der Waals surface area contributed by atoms with Crippen molar-refractivity contribution in [3.8, 4) is 0 Å². The molecule has 0 radical (unpaired) electrons. The summed E-state index contributed by atoms with van der Waals surface area (Å²) in [5.41, 5.74) is 2.15. The predicted octanol–water partition coefficient (Wildman–Crippen LogP) is 3.98. The van der Waals surface area contributed by atoms with Crippen LogP contribution in [0.3, 0.4) is 0 Å². The molecule has 1 aromatic rings. The van der Waals surface area contributed by atoms with E-state index < -0.39 is 0 Å². The standard InChI is InChI=1S/C15H25NO/c1-4-11-16-14-8-6-13(7-9-14)15(17)10-5-12(2)3/h6-9,12,15-17H,4-5,10-11H2,1-3H3. The van der Waals surface area contributed by atoms with E-state index in [9.17, 15) is 5.11 Å². The van der Waals surface area contributed by atoms with Crippen molar-refractivity contribution in [2.45, 2.75) is 46.1 Å². The molecule has 2 nitrogen and oxygen atoms in total. The number of rotatable bonds is 7. The molecule has 17 heavy (non-hydrogen) atoms. The zero-order valence-corrected chi connectivity index (χ0v) is 11.2. The predicted molar refractivity (Wildman–Crippen MR) is 74.3 cm³/mol. The smallest absolute Gasteiger partial charge is 0.0790 e. The Kier molecular flexibility index (Phi) is 6.06. The average Bonchev–Trinajstić information content (AvgIpc) is 2.34. The first-order valence-electron chi connectivity index (χ1n) is 6.65. The quantitative estimate of drug-likeness (QED) is 0.749. The van der Waals surface area contributed by atoms with E-state index in [-0.39, 0.29) is 6.10 Å². The minimum absolute atomic E-state index is 0.322. The summed E-state index contributed by atoms with van der Waals surface area (Å²) < 4.78 is 0. The van der Waals surface area contributed by atoms with Crippen molar-refractivity contribution in [2.24, 2.45) is 5.92 Å². The largest absolute Gasteiger partial charge is 0.388 e. The molecule has 0 spiro atoms. The molecule has 2 N–H and O–H groups in total. The molecule has 0 saturated carbocycles. The van der Waals surface area contributed by atoms with Crippen LogP contribution in [0.5, 0.6) is 0 Å². The Morgan fingerprint density at radius 3 is 2.29 bits per heavy atom. The molecule has 0 saturated heterocycles. The van der Waals surface area contributed by atoms with E-state index in [1.165, 1.54) is 0 Å². The highest BCUT2D eigenvalue weighted by Gasteiger charge is 2.08. The molecule has 2 heteroatoms. The van der Waals surface area contributed by atoms with Gasteiger partial charge in [-0.2, -0.15) is 0 Å². The lowest BCUT2D eigenvalue weighted by Gasteiger charge is -2.13. The number of benzene rings is 1. The van der Waals surface area contributed by atoms with Gasteiger partial charge >= 0.3 is 0 Å². The highest BCUT2D eigenvalue weighted by atomic mass is 16.3. The molecule has 1 rings (SSSR count). The van der Waals surface area contributed by atoms with Gasteiger partial charge < -0.3 is 10.4 Å². The zero-order valence-electron chi connectivity index (χ0n) is 11.2. The van der Waals surface area contributed by atoms with Crippen LogP contribution in [0, 0.1) is 5.92 Å². The fourth-order valence-electron chi connectivity index (χ4n) is 1.75. The monoisotopic (exact) mass is 235 g/mol. The Bertz CT molecular complexity index is 305. The second-order valence-corrected chi connectivity index (χ2v) is 5.04. The van der Waals surface area contributed by atoms with Gasteiger partial charge in [-0.25, -0.2) is 0 Å². The van der Waals surface area contributed by atoms with Gasteiger partial charge in [0, 0.05) is 12.2 Å². The number of nitrogens with one attached hydrogen (secondary N) is 1. The van der Waals surface area contributed by atoms with Gasteiger partial charge in [0.15, 0.2) is 0 Å². The van der Waals surface area contributed by atoms with Crippen molar-refractivity contribution in [3.05, 3.63) is 29.8 Å². The molecule has 1 unspecified atom stereocenters. The molecule has 1 atom stereocenters. The summed E-state index contributed by atoms with van der Waals surface area (Å²) >= 11 is 0. The van der Waals surface area contributed by atoms with Crippen LogP contribution in [-0.2, 0) is 0 Å². The lowest BCUT2D eigenvalue weighted by molar-refractivity contribution is 0.159. The van der Waals surface area contributed by atoms with Gasteiger partial charge in [0.1, 0.15) is 0 Å². The average molecular weight is 235 g/mol. The Morgan fingerprint density at radius 2 is 1.76 bits per heavy atom. The third-order valence-electron chi connectivity index (χ3n) is 2.89. The molecule has 96 valence electrons. The third kappa shape index (κ3) is 5.22. The van der Waals surface area contributed by atoms with Gasteiger partial charge in [-0.15, -0.1) is 0 Å². The van der Waals surface area contributed by atoms with Crippen molar-refractivity contribution in [1.82, 2.24) is 0 Å². The highest BCUT2D eigenvalue weighted by molar-refractivity contribution is 5.44. The van der Waals surface area contributed by atoms with Crippen LogP contribution in [0.1, 0.15) is 51.7 Å². The van der Waals surface area contributed by atoms with Gasteiger partial charge in [0.05, 0.1) is 6.10 Å². The first kappa shape index (κ1) is 14.0. The second kappa shape index (κ2) is 7.33. The van der Waals surface area contributed by atoms with E-state index in [1.54, 1.807) is 0 Å². The summed E-state index contributed by atoms with van der Waals surface area (Å²) in [5, 5.41) is 13.3. The summed E-state index contributed by atoms with van der Waals surface area (Å²) in [6.07, 6.45) is 2.72. The molecule has 0 bridgehead atoms. The second-order valence-electron chi connectivity index (χ2n) is 5.04. The molecule has 1 aromatic carbocycles. The van der Waals surface area contributed by atoms with Gasteiger partial charge in [0.25, 0.3) is 0 Å². The third-order valence-corrected chi connectivity index (χ3v) is 2.89. The molecular weight excluding hydrogens is 210 g/mol. The molecule has 0 amide bonds. The fourth-order valence-corrected chi connectivity index (χ4v) is 1.75. The number of hydrogen-bond donors (Lipinski definition) is 2. The molecule has 0 fully saturated rings. The number of aliphatic hydroxyl groups excluding tert-OH is 1. The number of hydrogen-bond acceptors (Lipinski definition) is 2. The van der Waals surface area contributed by atoms with E-state index in [2.05, 4.69) is 26.1 Å². The maximum absolute atomic E-state index is 10.0. The summed E-state index contributed by atoms with van der Waals surface area (Å²) in [6.45, 7) is 7.52. The minimum Gasteiger partial charge on any atom is -0.388 e. The Morgan fingerprint density at radius 1 is 1.12 bits per heavy atom. The zero-order chi connectivity index (χ0) is 12.7. The van der Waals surface area contributed by atoms with Crippen molar-refractivity contribution in [2.75, 3.05) is 11.9 Å². The van der Waals surface area contributed by atoms with E-state index in [4.69, 9.17) is 0 Å². The van der Waals surface area contributed by atoms with Crippen LogP contribution in [-0.4, -0.2) is 11.7 Å². The first-order valence-corrected chi connectivity index (χ1v) is 6.65. The van der Waals surface area contributed by atoms with E-state index >= 15 is 0 Å². The molecule has 0 aliphatic rings. The SMILES string of the molecule is CCCNc1ccc(C(O)CCC(C)C)cc1. The Labute approximate surface area is 105 Å². The molecular formula is C15H25NO. The van der Waals surface area contributed by atoms with Crippen molar-refractivity contribution < 1.29 is 5.11 Å². The van der Waals surface area contributed by atoms with Crippen LogP contribution in [0.25, 0.3) is 0 Å². The lowest BCUT2D eigenvalue weighted by Crippen LogP contribution is -2.02. The van der Waals surface area contributed by atoms with Crippen LogP contribution in [0.15, 0.2) is 24.3 Å². The molecule has 0 aliphatic carbocycles. The molecule has 0 aromatic heterocycles. The maximum Gasteiger partial charge on any atom is 0.0790 e. The van der Waals surface area contributed by atoms with E-state index in [0.717, 1.165) is 37.1 Å². The van der Waals surface area contributed by atoms with Gasteiger partial charge in [0.2, 0.25) is 0 Å². The van der Waals surface area contributed by atoms with E-state index in [0.29, 0.717) is 5.92 Å². The summed E-state index contributed by atoms with van der Waals surface area (Å²) in [5.74, 6) is 0.648. The Hall–Kier alpha value is -1.02. The first-order chi connectivity index (χ1) is 8.13. The van der Waals surface area contributed by atoms with Gasteiger partial charge in [-0.1, -0.05) is 32.9 Å². The van der Waals surface area contributed by atoms with Crippen LogP contribution < -0.4 is 5.32 Å². The van der Waals surface area contributed by atoms with Crippen LogP contribution in [0.2, 0.25) is 0 Å². The molecule has 0 heterocycles. The summed E-state index contributed by atoms with van der Waals surface area (Å²) in [7, 11) is 0. The van der Waals surface area contributed by atoms with Crippen molar-refractivity contribution in [1.29, 1.82) is 0 Å². The van der Waals surface area contributed by atoms with Gasteiger partial charge in [-0.05, 0) is 42.9 Å². The molecule has 0 aliphatic heterocycles. The number of aliphatic hydroxyl groups is 1. The lowest BCUT2D eigenvalue weighted by atomic mass is 10.00. The topological polar surface area (TPSA) is 32.3 Å². The summed E-state index contributed by atoms with van der Waals surface area (Å²) in [4.78, 5) is 0. The fraction of sp³-hybridized carbons (Fsp3) is 0.600. The van der Waals surface area contributed by atoms with Crippen molar-refractivity contribution in [3.63, 3.8) is 0 Å². The Balaban J connectivity index is 2.48. The minimum atomic E-state index is -0.322. The van der Waals surface area contributed by atoms with Gasteiger partial charge in [-0.3, -0.25) is 0 Å². The summed E-state index contributed by atoms with van der Waals surface area (Å²) in [6, 6.07) is 8.12. The number of anilines is 1. The van der Waals surface area contributed by atoms with Crippen LogP contribution in [0.4, 0.5) is 5.69 Å². The highest BCUT2D eigenvalue weighted by Crippen LogP contribution is 2.22. The van der Waals surface area contributed by atoms with Crippen molar-refractivity contribution >= 4 is 5.69 Å².